The Morgan fingerprint density at radius 2 is 1.81 bits per heavy atom. The minimum Gasteiger partial charge on any atom is -0.463 e. The lowest BCUT2D eigenvalue weighted by Gasteiger charge is -2.20. The highest BCUT2D eigenvalue weighted by atomic mass is 127. The van der Waals surface area contributed by atoms with Gasteiger partial charge in [0.1, 0.15) is -0.565 Å². The molecule has 0 spiro atoms. The highest BCUT2D eigenvalue weighted by molar-refractivity contribution is 14.3. The monoisotopic (exact) mass is 622 g/mol. The highest BCUT2D eigenvalue weighted by Gasteiger charge is 2.32. The quantitative estimate of drug-likeness (QED) is 0.187. The first-order valence-electron chi connectivity index (χ1n) is 4.07. The number of hydrogen-bond acceptors (Lipinski definition) is 2. The number of carbonyl (C=O) groups is 1. The summed E-state index contributed by atoms with van der Waals surface area (Å²) in [5.41, 5.74) is 0.425. The maximum absolute atomic E-state index is 11.3. The SMILES string of the molecule is CCOC(=O)C=C(CC(I)(I)I)C(Cl)(Cl)Cl. The van der Waals surface area contributed by atoms with Crippen LogP contribution in [0.1, 0.15) is 13.3 Å². The summed E-state index contributed by atoms with van der Waals surface area (Å²) in [7, 11) is 0. The van der Waals surface area contributed by atoms with Crippen LogP contribution in [0, 0.1) is 0 Å². The molecule has 0 aromatic heterocycles. The number of halogens is 6. The largest absolute Gasteiger partial charge is 0.463 e. The average molecular weight is 623 g/mol. The van der Waals surface area contributed by atoms with Crippen LogP contribution in [-0.4, -0.2) is 15.8 Å². The van der Waals surface area contributed by atoms with Gasteiger partial charge in [-0.15, -0.1) is 0 Å². The molecule has 0 unspecified atom stereocenters. The molecule has 0 radical (unpaired) electrons. The van der Waals surface area contributed by atoms with Crippen molar-refractivity contribution in [2.24, 2.45) is 0 Å². The van der Waals surface area contributed by atoms with Crippen LogP contribution in [0.25, 0.3) is 0 Å². The predicted octanol–water partition coefficient (Wildman–Crippen LogP) is 5.20. The molecule has 16 heavy (non-hydrogen) atoms. The van der Waals surface area contributed by atoms with Crippen molar-refractivity contribution in [2.45, 2.75) is 16.6 Å². The molecule has 2 nitrogen and oxygen atoms in total. The van der Waals surface area contributed by atoms with E-state index in [9.17, 15) is 4.79 Å². The standard InChI is InChI=1S/C8H8Cl3I3O2/c1-2-16-6(15)3-5(8(9,10)11)4-7(12,13)14/h3H,2,4H2,1H3. The van der Waals surface area contributed by atoms with Crippen LogP contribution in [0.3, 0.4) is 0 Å². The van der Waals surface area contributed by atoms with Gasteiger partial charge in [0.25, 0.3) is 0 Å². The van der Waals surface area contributed by atoms with Crippen molar-refractivity contribution in [1.29, 1.82) is 0 Å². The number of alkyl halides is 6. The first-order chi connectivity index (χ1) is 7.06. The minimum atomic E-state index is -1.58. The van der Waals surface area contributed by atoms with Crippen LogP contribution in [0.2, 0.25) is 0 Å². The fourth-order valence-electron chi connectivity index (χ4n) is 0.775. The third-order valence-electron chi connectivity index (χ3n) is 1.33. The first-order valence-corrected chi connectivity index (χ1v) is 8.44. The van der Waals surface area contributed by atoms with Crippen molar-refractivity contribution in [3.05, 3.63) is 11.6 Å². The van der Waals surface area contributed by atoms with Crippen LogP contribution in [0.4, 0.5) is 0 Å². The van der Waals surface area contributed by atoms with Gasteiger partial charge < -0.3 is 4.74 Å². The Balaban J connectivity index is 4.89. The van der Waals surface area contributed by atoms with E-state index in [2.05, 4.69) is 67.8 Å². The lowest BCUT2D eigenvalue weighted by Crippen LogP contribution is -2.15. The molecule has 8 heteroatoms. The molecule has 0 saturated heterocycles. The summed E-state index contributed by atoms with van der Waals surface area (Å²) in [6, 6.07) is 0. The van der Waals surface area contributed by atoms with Crippen molar-refractivity contribution in [2.75, 3.05) is 6.61 Å². The van der Waals surface area contributed by atoms with Crippen molar-refractivity contribution in [3.63, 3.8) is 0 Å². The second-order valence-electron chi connectivity index (χ2n) is 2.71. The Kier molecular flexibility index (Phi) is 8.86. The van der Waals surface area contributed by atoms with E-state index in [1.165, 1.54) is 6.08 Å². The molecule has 0 aliphatic heterocycles. The number of carbonyl (C=O) groups excluding carboxylic acids is 1. The van der Waals surface area contributed by atoms with Gasteiger partial charge in [-0.25, -0.2) is 4.79 Å². The molecular formula is C8H8Cl3I3O2. The minimum absolute atomic E-state index is 0.157. The maximum atomic E-state index is 11.3. The zero-order valence-electron chi connectivity index (χ0n) is 8.08. The van der Waals surface area contributed by atoms with Gasteiger partial charge in [-0.3, -0.25) is 0 Å². The molecule has 0 heterocycles. The number of esters is 1. The molecule has 0 saturated carbocycles. The van der Waals surface area contributed by atoms with Crippen LogP contribution in [0.15, 0.2) is 11.6 Å². The molecule has 0 N–H and O–H groups in total. The number of allylic oxidation sites excluding steroid dienone is 1. The van der Waals surface area contributed by atoms with Gasteiger partial charge >= 0.3 is 5.97 Å². The van der Waals surface area contributed by atoms with E-state index in [-0.39, 0.29) is -0.565 Å². The van der Waals surface area contributed by atoms with Gasteiger partial charge in [0.15, 0.2) is 0 Å². The summed E-state index contributed by atoms with van der Waals surface area (Å²) in [5.74, 6) is -0.489. The Labute approximate surface area is 151 Å². The molecule has 0 bridgehead atoms. The Bertz CT molecular complexity index is 281. The van der Waals surface area contributed by atoms with E-state index in [4.69, 9.17) is 39.5 Å². The van der Waals surface area contributed by atoms with E-state index in [1.54, 1.807) is 6.92 Å². The second-order valence-corrected chi connectivity index (χ2v) is 16.7. The molecule has 0 aromatic rings. The number of rotatable bonds is 4. The van der Waals surface area contributed by atoms with E-state index >= 15 is 0 Å². The van der Waals surface area contributed by atoms with Gasteiger partial charge in [0.05, 0.1) is 6.61 Å². The van der Waals surface area contributed by atoms with Gasteiger partial charge in [-0.05, 0) is 12.5 Å². The zero-order chi connectivity index (χ0) is 13.0. The number of hydrogen-bond donors (Lipinski definition) is 0. The lowest BCUT2D eigenvalue weighted by molar-refractivity contribution is -0.137. The molecule has 0 fully saturated rings. The lowest BCUT2D eigenvalue weighted by atomic mass is 10.2. The van der Waals surface area contributed by atoms with E-state index in [1.807, 2.05) is 0 Å². The molecule has 0 atom stereocenters. The normalized spacial score (nSPS) is 13.8. The van der Waals surface area contributed by atoms with Gasteiger partial charge in [0, 0.05) is 12.5 Å². The summed E-state index contributed by atoms with van der Waals surface area (Å²) >= 11 is 24.0. The molecule has 0 aliphatic rings. The third kappa shape index (κ3) is 9.23. The molecule has 0 aromatic carbocycles. The summed E-state index contributed by atoms with van der Waals surface area (Å²) in [6.45, 7) is 2.02. The average Bonchev–Trinajstić information content (AvgIpc) is 1.98. The smallest absolute Gasteiger partial charge is 0.330 e. The summed E-state index contributed by atoms with van der Waals surface area (Å²) < 4.78 is 3.04. The van der Waals surface area contributed by atoms with E-state index in [0.717, 1.165) is 0 Å². The van der Waals surface area contributed by atoms with Crippen molar-refractivity contribution < 1.29 is 9.53 Å². The summed E-state index contributed by atoms with van der Waals surface area (Å²) in [5, 5.41) is 0. The fraction of sp³-hybridized carbons (Fsp3) is 0.625. The molecule has 0 amide bonds. The maximum Gasteiger partial charge on any atom is 0.330 e. The van der Waals surface area contributed by atoms with Crippen LogP contribution < -0.4 is 0 Å². The zero-order valence-corrected chi connectivity index (χ0v) is 16.8. The number of ether oxygens (including phenoxy) is 1. The van der Waals surface area contributed by atoms with E-state index in [0.29, 0.717) is 18.6 Å². The predicted molar refractivity (Wildman–Crippen MR) is 94.4 cm³/mol. The van der Waals surface area contributed by atoms with Crippen LogP contribution >= 0.6 is 103 Å². The van der Waals surface area contributed by atoms with Crippen LogP contribution in [-0.2, 0) is 9.53 Å². The molecule has 0 rings (SSSR count). The molecule has 0 aliphatic carbocycles. The van der Waals surface area contributed by atoms with Crippen molar-refractivity contribution in [3.8, 4) is 0 Å². The first kappa shape index (κ1) is 18.3. The van der Waals surface area contributed by atoms with Gasteiger partial charge in [0.2, 0.25) is 3.79 Å². The summed E-state index contributed by atoms with van der Waals surface area (Å²) in [4.78, 5) is 11.3. The van der Waals surface area contributed by atoms with E-state index < -0.39 is 9.76 Å². The van der Waals surface area contributed by atoms with Crippen molar-refractivity contribution in [1.82, 2.24) is 0 Å². The summed E-state index contributed by atoms with van der Waals surface area (Å²) in [6.07, 6.45) is 1.73. The Morgan fingerprint density at radius 1 is 1.31 bits per heavy atom. The van der Waals surface area contributed by atoms with Crippen molar-refractivity contribution >= 4 is 109 Å². The highest BCUT2D eigenvalue weighted by Crippen LogP contribution is 2.47. The third-order valence-corrected chi connectivity index (χ3v) is 3.21. The Hall–Kier alpha value is 2.27. The van der Waals surface area contributed by atoms with Gasteiger partial charge in [-0.2, -0.15) is 0 Å². The topological polar surface area (TPSA) is 26.3 Å². The van der Waals surface area contributed by atoms with Gasteiger partial charge in [-0.1, -0.05) is 103 Å². The molecular weight excluding hydrogens is 615 g/mol. The molecule has 94 valence electrons. The fourth-order valence-corrected chi connectivity index (χ4v) is 2.37. The Morgan fingerprint density at radius 3 is 2.12 bits per heavy atom. The second kappa shape index (κ2) is 7.76. The van der Waals surface area contributed by atoms with Crippen LogP contribution in [0.5, 0.6) is 0 Å².